The number of carbonyl (C=O) groups is 4. The van der Waals surface area contributed by atoms with E-state index in [-0.39, 0.29) is 36.6 Å². The second kappa shape index (κ2) is 8.69. The van der Waals surface area contributed by atoms with E-state index in [1.165, 1.54) is 6.92 Å². The first-order valence-corrected chi connectivity index (χ1v) is 9.42. The molecule has 150 valence electrons. The number of hydrogen-bond donors (Lipinski definition) is 1. The van der Waals surface area contributed by atoms with E-state index >= 15 is 0 Å². The van der Waals surface area contributed by atoms with Crippen molar-refractivity contribution in [1.29, 1.82) is 5.26 Å². The lowest BCUT2D eigenvalue weighted by molar-refractivity contribution is -0.154. The summed E-state index contributed by atoms with van der Waals surface area (Å²) in [6.07, 6.45) is 3.60. The van der Waals surface area contributed by atoms with Crippen LogP contribution in [0.25, 0.3) is 0 Å². The third-order valence-corrected chi connectivity index (χ3v) is 5.12. The van der Waals surface area contributed by atoms with Crippen molar-refractivity contribution >= 4 is 29.4 Å². The molecule has 0 saturated carbocycles. The van der Waals surface area contributed by atoms with Crippen LogP contribution in [-0.2, 0) is 23.9 Å². The Kier molecular flexibility index (Phi) is 6.07. The van der Waals surface area contributed by atoms with E-state index in [4.69, 9.17) is 10.00 Å². The van der Waals surface area contributed by atoms with Crippen molar-refractivity contribution in [2.24, 2.45) is 11.8 Å². The largest absolute Gasteiger partial charge is 0.452 e. The number of nitrogens with one attached hydrogen (secondary N) is 1. The van der Waals surface area contributed by atoms with Gasteiger partial charge in [-0.15, -0.1) is 0 Å². The van der Waals surface area contributed by atoms with Crippen LogP contribution in [0.2, 0.25) is 0 Å². The zero-order chi connectivity index (χ0) is 21.0. The quantitative estimate of drug-likeness (QED) is 0.446. The first-order valence-electron chi connectivity index (χ1n) is 9.42. The fourth-order valence-corrected chi connectivity index (χ4v) is 3.53. The third kappa shape index (κ3) is 4.35. The van der Waals surface area contributed by atoms with E-state index in [0.29, 0.717) is 24.1 Å². The predicted molar refractivity (Wildman–Crippen MR) is 102 cm³/mol. The Morgan fingerprint density at radius 3 is 2.45 bits per heavy atom. The first-order chi connectivity index (χ1) is 13.9. The molecule has 1 saturated heterocycles. The molecule has 0 aromatic heterocycles. The average molecular weight is 395 g/mol. The lowest BCUT2D eigenvalue weighted by atomic mass is 9.85. The van der Waals surface area contributed by atoms with Gasteiger partial charge in [0.2, 0.25) is 11.8 Å². The zero-order valence-corrected chi connectivity index (χ0v) is 16.0. The highest BCUT2D eigenvalue weighted by atomic mass is 16.5. The van der Waals surface area contributed by atoms with Gasteiger partial charge in [0.1, 0.15) is 6.07 Å². The van der Waals surface area contributed by atoms with E-state index in [1.807, 2.05) is 18.2 Å². The zero-order valence-electron chi connectivity index (χ0n) is 16.0. The molecule has 1 aliphatic heterocycles. The average Bonchev–Trinajstić information content (AvgIpc) is 2.97. The summed E-state index contributed by atoms with van der Waals surface area (Å²) >= 11 is 0. The summed E-state index contributed by atoms with van der Waals surface area (Å²) in [7, 11) is 0. The van der Waals surface area contributed by atoms with Gasteiger partial charge in [0.25, 0.3) is 5.91 Å². The second-order valence-corrected chi connectivity index (χ2v) is 7.01. The van der Waals surface area contributed by atoms with Crippen LogP contribution in [0, 0.1) is 23.2 Å². The van der Waals surface area contributed by atoms with Crippen molar-refractivity contribution in [3.8, 4) is 6.07 Å². The maximum absolute atomic E-state index is 12.4. The molecular formula is C21H21N3O5. The maximum atomic E-state index is 12.4. The molecule has 0 bridgehead atoms. The predicted octanol–water partition coefficient (Wildman–Crippen LogP) is 1.77. The molecule has 0 spiro atoms. The number of likely N-dealkylation sites (tertiary alicyclic amines) is 1. The molecule has 3 amide bonds. The van der Waals surface area contributed by atoms with Crippen LogP contribution in [-0.4, -0.2) is 41.2 Å². The van der Waals surface area contributed by atoms with Crippen LogP contribution in [0.3, 0.4) is 0 Å². The molecule has 0 unspecified atom stereocenters. The molecule has 29 heavy (non-hydrogen) atoms. The minimum Gasteiger partial charge on any atom is -0.452 e. The van der Waals surface area contributed by atoms with Crippen molar-refractivity contribution in [1.82, 2.24) is 4.90 Å². The van der Waals surface area contributed by atoms with Crippen LogP contribution in [0.5, 0.6) is 0 Å². The van der Waals surface area contributed by atoms with Crippen LogP contribution >= 0.6 is 0 Å². The fraction of sp³-hybridized carbons (Fsp3) is 0.381. The van der Waals surface area contributed by atoms with Crippen molar-refractivity contribution in [2.45, 2.75) is 32.3 Å². The van der Waals surface area contributed by atoms with Gasteiger partial charge in [-0.3, -0.25) is 24.1 Å². The van der Waals surface area contributed by atoms with Crippen molar-refractivity contribution in [3.63, 3.8) is 0 Å². The summed E-state index contributed by atoms with van der Waals surface area (Å²) in [4.78, 5) is 50.2. The minimum atomic E-state index is -1.09. The van der Waals surface area contributed by atoms with Crippen LogP contribution in [0.15, 0.2) is 36.4 Å². The molecule has 2 aliphatic rings. The Morgan fingerprint density at radius 1 is 1.21 bits per heavy atom. The second-order valence-electron chi connectivity index (χ2n) is 7.01. The SMILES string of the molecule is C[C@H](OC(=O)CCN1C(=O)[C@H]2CC=CC[C@@H]2C1=O)C(=O)Nc1ccccc1C#N. The summed E-state index contributed by atoms with van der Waals surface area (Å²) in [6.45, 7) is 1.35. The summed E-state index contributed by atoms with van der Waals surface area (Å²) in [5, 5.41) is 11.6. The number of nitriles is 1. The Balaban J connectivity index is 1.50. The summed E-state index contributed by atoms with van der Waals surface area (Å²) in [5.74, 6) is -2.45. The summed E-state index contributed by atoms with van der Waals surface area (Å²) in [5.41, 5.74) is 0.619. The van der Waals surface area contributed by atoms with Crippen LogP contribution in [0.4, 0.5) is 5.69 Å². The number of allylic oxidation sites excluding steroid dienone is 2. The normalized spacial score (nSPS) is 21.3. The van der Waals surface area contributed by atoms with Gasteiger partial charge in [-0.1, -0.05) is 24.3 Å². The molecule has 8 heteroatoms. The Bertz CT molecular complexity index is 891. The van der Waals surface area contributed by atoms with Crippen LogP contribution < -0.4 is 5.32 Å². The van der Waals surface area contributed by atoms with Crippen molar-refractivity contribution < 1.29 is 23.9 Å². The lowest BCUT2D eigenvalue weighted by Crippen LogP contribution is -2.35. The molecule has 1 fully saturated rings. The molecule has 1 aliphatic carbocycles. The molecule has 1 aromatic rings. The molecule has 0 radical (unpaired) electrons. The molecule has 3 atom stereocenters. The molecule has 8 nitrogen and oxygen atoms in total. The number of anilines is 1. The molecule has 1 aromatic carbocycles. The summed E-state index contributed by atoms with van der Waals surface area (Å²) in [6, 6.07) is 8.44. The monoisotopic (exact) mass is 395 g/mol. The minimum absolute atomic E-state index is 0.0604. The first kappa shape index (κ1) is 20.3. The van der Waals surface area contributed by atoms with Gasteiger partial charge >= 0.3 is 5.97 Å². The third-order valence-electron chi connectivity index (χ3n) is 5.12. The Labute approximate surface area is 168 Å². The van der Waals surface area contributed by atoms with Crippen molar-refractivity contribution in [2.75, 3.05) is 11.9 Å². The van der Waals surface area contributed by atoms with E-state index < -0.39 is 18.0 Å². The van der Waals surface area contributed by atoms with Gasteiger partial charge < -0.3 is 10.1 Å². The van der Waals surface area contributed by atoms with E-state index in [2.05, 4.69) is 5.32 Å². The number of esters is 1. The topological polar surface area (TPSA) is 117 Å². The highest BCUT2D eigenvalue weighted by molar-refractivity contribution is 6.05. The number of benzene rings is 1. The van der Waals surface area contributed by atoms with Gasteiger partial charge in [-0.2, -0.15) is 5.26 Å². The van der Waals surface area contributed by atoms with Crippen LogP contribution in [0.1, 0.15) is 31.7 Å². The number of carbonyl (C=O) groups excluding carboxylic acids is 4. The fourth-order valence-electron chi connectivity index (χ4n) is 3.53. The van der Waals surface area contributed by atoms with Gasteiger partial charge in [0.15, 0.2) is 6.10 Å². The smallest absolute Gasteiger partial charge is 0.308 e. The van der Waals surface area contributed by atoms with Crippen molar-refractivity contribution in [3.05, 3.63) is 42.0 Å². The molecule has 1 heterocycles. The number of nitrogens with zero attached hydrogens (tertiary/aromatic N) is 2. The molecule has 3 rings (SSSR count). The Hall–Kier alpha value is -3.47. The number of fused-ring (bicyclic) bond motifs is 1. The maximum Gasteiger partial charge on any atom is 0.308 e. The number of rotatable bonds is 6. The lowest BCUT2D eigenvalue weighted by Gasteiger charge is -2.16. The number of imide groups is 1. The van der Waals surface area contributed by atoms with E-state index in [0.717, 1.165) is 4.90 Å². The number of para-hydroxylation sites is 1. The van der Waals surface area contributed by atoms with E-state index in [1.54, 1.807) is 24.3 Å². The highest BCUT2D eigenvalue weighted by Gasteiger charge is 2.47. The van der Waals surface area contributed by atoms with Gasteiger partial charge in [-0.25, -0.2) is 0 Å². The number of amides is 3. The standard InChI is InChI=1S/C21H21N3O5/c1-13(19(26)23-17-9-5-2-6-14(17)12-22)29-18(25)10-11-24-20(27)15-7-3-4-8-16(15)21(24)28/h2-6,9,13,15-16H,7-8,10-11H2,1H3,(H,23,26)/t13-,15-,16-/m0/s1. The highest BCUT2D eigenvalue weighted by Crippen LogP contribution is 2.35. The molecular weight excluding hydrogens is 374 g/mol. The Morgan fingerprint density at radius 2 is 1.83 bits per heavy atom. The van der Waals surface area contributed by atoms with Gasteiger partial charge in [0, 0.05) is 6.54 Å². The summed E-state index contributed by atoms with van der Waals surface area (Å²) < 4.78 is 5.11. The number of ether oxygens (including phenoxy) is 1. The van der Waals surface area contributed by atoms with Gasteiger partial charge in [0.05, 0.1) is 29.5 Å². The molecule has 1 N–H and O–H groups in total. The van der Waals surface area contributed by atoms with Gasteiger partial charge in [-0.05, 0) is 31.9 Å². The number of hydrogen-bond acceptors (Lipinski definition) is 6. The van der Waals surface area contributed by atoms with E-state index in [9.17, 15) is 19.2 Å².